The topological polar surface area (TPSA) is 12.9 Å². The Morgan fingerprint density at radius 3 is 2.46 bits per heavy atom. The van der Waals surface area contributed by atoms with Gasteiger partial charge in [-0.3, -0.25) is 0 Å². The molecule has 0 fully saturated rings. The monoisotopic (exact) mass is 323 g/mol. The van der Waals surface area contributed by atoms with Gasteiger partial charge in [0, 0.05) is 6.20 Å². The number of hydrogen-bond donors (Lipinski definition) is 0. The van der Waals surface area contributed by atoms with Gasteiger partial charge in [0.05, 0.1) is 4.90 Å². The Kier molecular flexibility index (Phi) is 3.38. The third-order valence-electron chi connectivity index (χ3n) is 1.03. The number of aromatic nitrogens is 1. The van der Waals surface area contributed by atoms with Crippen molar-refractivity contribution in [3.8, 4) is 0 Å². The first-order chi connectivity index (χ1) is 5.90. The van der Waals surface area contributed by atoms with Crippen LogP contribution in [0.3, 0.4) is 0 Å². The van der Waals surface area contributed by atoms with Crippen molar-refractivity contribution in [1.29, 1.82) is 0 Å². The number of halogens is 5. The fourth-order valence-electron chi connectivity index (χ4n) is 0.608. The van der Waals surface area contributed by atoms with Gasteiger partial charge in [-0.05, 0) is 40.4 Å². The lowest BCUT2D eigenvalue weighted by molar-refractivity contribution is -0.0329. The Balaban J connectivity index is 3.00. The molecule has 1 heterocycles. The van der Waals surface area contributed by atoms with E-state index in [4.69, 9.17) is 0 Å². The van der Waals surface area contributed by atoms with Crippen LogP contribution in [0.15, 0.2) is 17.2 Å². The predicted molar refractivity (Wildman–Crippen MR) is 48.8 cm³/mol. The van der Waals surface area contributed by atoms with Crippen molar-refractivity contribution in [2.45, 2.75) is 10.4 Å². The van der Waals surface area contributed by atoms with Crippen LogP contribution in [-0.4, -0.2) is 10.5 Å². The van der Waals surface area contributed by atoms with Crippen LogP contribution >= 0.6 is 34.4 Å². The summed E-state index contributed by atoms with van der Waals surface area (Å²) in [5.74, 6) is -0.901. The molecule has 0 bridgehead atoms. The molecule has 0 aromatic carbocycles. The van der Waals surface area contributed by atoms with E-state index in [-0.39, 0.29) is 3.70 Å². The molecule has 0 N–H and O–H groups in total. The average molecular weight is 323 g/mol. The lowest BCUT2D eigenvalue weighted by Gasteiger charge is -2.06. The van der Waals surface area contributed by atoms with Gasteiger partial charge in [0.1, 0.15) is 9.52 Å². The third-order valence-corrected chi connectivity index (χ3v) is 3.04. The van der Waals surface area contributed by atoms with Gasteiger partial charge in [0.15, 0.2) is 0 Å². The number of nitrogens with zero attached hydrogens (tertiary/aromatic N) is 1. The number of rotatable bonds is 1. The lowest BCUT2D eigenvalue weighted by Crippen LogP contribution is -2.02. The maximum absolute atomic E-state index is 12.8. The highest BCUT2D eigenvalue weighted by atomic mass is 127. The molecule has 1 aromatic heterocycles. The molecule has 1 rings (SSSR count). The van der Waals surface area contributed by atoms with Gasteiger partial charge in [0.25, 0.3) is 0 Å². The second-order valence-electron chi connectivity index (χ2n) is 1.96. The van der Waals surface area contributed by atoms with Gasteiger partial charge in [-0.1, -0.05) is 0 Å². The summed E-state index contributed by atoms with van der Waals surface area (Å²) in [6.45, 7) is 0. The molecular weight excluding hydrogens is 321 g/mol. The van der Waals surface area contributed by atoms with E-state index in [0.29, 0.717) is 0 Å². The van der Waals surface area contributed by atoms with Crippen LogP contribution in [0.5, 0.6) is 0 Å². The first-order valence-electron chi connectivity index (χ1n) is 2.96. The van der Waals surface area contributed by atoms with Crippen LogP contribution in [-0.2, 0) is 0 Å². The molecule has 0 unspecified atom stereocenters. The van der Waals surface area contributed by atoms with Crippen molar-refractivity contribution in [3.63, 3.8) is 0 Å². The molecule has 0 aliphatic heterocycles. The summed E-state index contributed by atoms with van der Waals surface area (Å²) in [4.78, 5) is 3.07. The smallest absolute Gasteiger partial charge is 0.249 e. The van der Waals surface area contributed by atoms with E-state index in [0.717, 1.165) is 12.3 Å². The van der Waals surface area contributed by atoms with E-state index in [1.807, 2.05) is 0 Å². The predicted octanol–water partition coefficient (Wildman–Crippen LogP) is 3.44. The van der Waals surface area contributed by atoms with Crippen LogP contribution in [0.25, 0.3) is 0 Å². The summed E-state index contributed by atoms with van der Waals surface area (Å²) < 4.78 is 48.4. The zero-order valence-electron chi connectivity index (χ0n) is 5.90. The van der Waals surface area contributed by atoms with Gasteiger partial charge in [-0.15, -0.1) is 0 Å². The summed E-state index contributed by atoms with van der Waals surface area (Å²) in [5, 5.41) is 0. The second-order valence-corrected chi connectivity index (χ2v) is 4.06. The van der Waals surface area contributed by atoms with E-state index in [1.165, 1.54) is 0 Å². The quantitative estimate of drug-likeness (QED) is 0.340. The van der Waals surface area contributed by atoms with Gasteiger partial charge in [-0.25, -0.2) is 9.37 Å². The summed E-state index contributed by atoms with van der Waals surface area (Å²) in [6, 6.07) is 0.899. The first kappa shape index (κ1) is 11.0. The van der Waals surface area contributed by atoms with E-state index >= 15 is 0 Å². The van der Waals surface area contributed by atoms with Crippen molar-refractivity contribution < 1.29 is 17.6 Å². The van der Waals surface area contributed by atoms with Gasteiger partial charge >= 0.3 is 5.51 Å². The zero-order valence-corrected chi connectivity index (χ0v) is 8.87. The average Bonchev–Trinajstić information content (AvgIpc) is 1.95. The summed E-state index contributed by atoms with van der Waals surface area (Å²) in [6.07, 6.45) is 1.12. The number of alkyl halides is 3. The molecule has 0 radical (unpaired) electrons. The summed E-state index contributed by atoms with van der Waals surface area (Å²) >= 11 is 1.06. The third kappa shape index (κ3) is 3.29. The van der Waals surface area contributed by atoms with Gasteiger partial charge < -0.3 is 0 Å². The normalized spacial score (nSPS) is 11.8. The molecule has 0 aliphatic carbocycles. The summed E-state index contributed by atoms with van der Waals surface area (Å²) in [5.41, 5.74) is -4.48. The largest absolute Gasteiger partial charge is 0.446 e. The van der Waals surface area contributed by atoms with E-state index < -0.39 is 28.0 Å². The van der Waals surface area contributed by atoms with Gasteiger partial charge in [-0.2, -0.15) is 13.2 Å². The van der Waals surface area contributed by atoms with Gasteiger partial charge in [0.2, 0.25) is 0 Å². The van der Waals surface area contributed by atoms with Crippen LogP contribution in [0, 0.1) is 9.52 Å². The minimum Gasteiger partial charge on any atom is -0.249 e. The molecule has 0 atom stereocenters. The molecule has 0 saturated carbocycles. The number of pyridine rings is 1. The molecular formula is C6H2F4INS. The van der Waals surface area contributed by atoms with E-state index in [1.54, 1.807) is 22.6 Å². The number of hydrogen-bond acceptors (Lipinski definition) is 2. The van der Waals surface area contributed by atoms with Crippen LogP contribution in [0.2, 0.25) is 0 Å². The summed E-state index contributed by atoms with van der Waals surface area (Å²) in [7, 11) is 0. The highest BCUT2D eigenvalue weighted by Gasteiger charge is 2.32. The molecule has 0 aliphatic rings. The lowest BCUT2D eigenvalue weighted by atomic mass is 10.5. The molecule has 0 saturated heterocycles. The van der Waals surface area contributed by atoms with Crippen molar-refractivity contribution in [2.75, 3.05) is 0 Å². The molecule has 1 nitrogen and oxygen atoms in total. The maximum atomic E-state index is 12.8. The fraction of sp³-hybridized carbons (Fsp3) is 0.167. The van der Waals surface area contributed by atoms with E-state index in [2.05, 4.69) is 4.98 Å². The molecule has 0 amide bonds. The second kappa shape index (κ2) is 3.99. The minimum absolute atomic E-state index is 0.0138. The standard InChI is InChI=1S/C6H2F4INS/c7-3-1-2-12-5(11)4(3)13-6(8,9)10/h1-2H. The Labute approximate surface area is 89.1 Å². The Bertz CT molecular complexity index is 294. The Hall–Kier alpha value is -0.0500. The molecule has 7 heteroatoms. The molecule has 72 valence electrons. The van der Waals surface area contributed by atoms with Crippen molar-refractivity contribution in [2.24, 2.45) is 0 Å². The van der Waals surface area contributed by atoms with E-state index in [9.17, 15) is 17.6 Å². The number of thioether (sulfide) groups is 1. The van der Waals surface area contributed by atoms with Crippen molar-refractivity contribution >= 4 is 34.4 Å². The Morgan fingerprint density at radius 2 is 2.00 bits per heavy atom. The minimum atomic E-state index is -4.48. The highest BCUT2D eigenvalue weighted by molar-refractivity contribution is 14.1. The fourth-order valence-corrected chi connectivity index (χ4v) is 1.89. The van der Waals surface area contributed by atoms with Crippen LogP contribution < -0.4 is 0 Å². The Morgan fingerprint density at radius 1 is 1.38 bits per heavy atom. The molecule has 13 heavy (non-hydrogen) atoms. The van der Waals surface area contributed by atoms with Crippen molar-refractivity contribution in [1.82, 2.24) is 4.98 Å². The highest BCUT2D eigenvalue weighted by Crippen LogP contribution is 2.39. The van der Waals surface area contributed by atoms with Crippen LogP contribution in [0.1, 0.15) is 0 Å². The molecule has 1 aromatic rings. The first-order valence-corrected chi connectivity index (χ1v) is 4.85. The zero-order chi connectivity index (χ0) is 10.1. The SMILES string of the molecule is Fc1ccnc(I)c1SC(F)(F)F. The van der Waals surface area contributed by atoms with Crippen LogP contribution in [0.4, 0.5) is 17.6 Å². The van der Waals surface area contributed by atoms with Crippen molar-refractivity contribution in [3.05, 3.63) is 21.8 Å². The molecule has 0 spiro atoms. The maximum Gasteiger partial charge on any atom is 0.446 e.